The summed E-state index contributed by atoms with van der Waals surface area (Å²) in [6.45, 7) is 1.25. The SMILES string of the molecule is CN=C(NCCc1cccs1)NCC(O)c1cc2ccccc2s1.I. The van der Waals surface area contributed by atoms with E-state index < -0.39 is 6.10 Å². The van der Waals surface area contributed by atoms with Gasteiger partial charge in [-0.05, 0) is 35.4 Å². The number of thiophene rings is 2. The van der Waals surface area contributed by atoms with Gasteiger partial charge in [0, 0.05) is 34.6 Å². The molecule has 3 rings (SSSR count). The smallest absolute Gasteiger partial charge is 0.191 e. The number of aliphatic hydroxyl groups is 1. The largest absolute Gasteiger partial charge is 0.386 e. The molecule has 2 aromatic heterocycles. The van der Waals surface area contributed by atoms with Gasteiger partial charge in [0.2, 0.25) is 0 Å². The fraction of sp³-hybridized carbons (Fsp3) is 0.278. The van der Waals surface area contributed by atoms with E-state index in [0.29, 0.717) is 12.5 Å². The molecule has 4 nitrogen and oxygen atoms in total. The van der Waals surface area contributed by atoms with Crippen molar-refractivity contribution in [3.8, 4) is 0 Å². The quantitative estimate of drug-likeness (QED) is 0.280. The predicted molar refractivity (Wildman–Crippen MR) is 120 cm³/mol. The molecule has 134 valence electrons. The number of nitrogens with zero attached hydrogens (tertiary/aromatic N) is 1. The molecule has 0 saturated carbocycles. The standard InChI is InChI=1S/C18H21N3OS2.HI/c1-19-18(20-9-8-14-6-4-10-23-14)21-12-15(22)17-11-13-5-2-3-7-16(13)24-17;/h2-7,10-11,15,22H,8-9,12H2,1H3,(H2,19,20,21);1H. The Kier molecular flexibility index (Phi) is 8.14. The number of aliphatic hydroxyl groups excluding tert-OH is 1. The highest BCUT2D eigenvalue weighted by molar-refractivity contribution is 14.0. The monoisotopic (exact) mass is 487 g/mol. The summed E-state index contributed by atoms with van der Waals surface area (Å²) in [6.07, 6.45) is 0.426. The molecule has 0 amide bonds. The Balaban J connectivity index is 0.00000225. The van der Waals surface area contributed by atoms with Gasteiger partial charge in [0.15, 0.2) is 5.96 Å². The summed E-state index contributed by atoms with van der Waals surface area (Å²) in [4.78, 5) is 6.53. The Hall–Kier alpha value is -1.16. The van der Waals surface area contributed by atoms with Gasteiger partial charge in [0.05, 0.1) is 0 Å². The second-order valence-electron chi connectivity index (χ2n) is 5.41. The Morgan fingerprint density at radius 2 is 2.04 bits per heavy atom. The Bertz CT molecular complexity index is 769. The summed E-state index contributed by atoms with van der Waals surface area (Å²) >= 11 is 3.39. The molecule has 1 unspecified atom stereocenters. The number of rotatable bonds is 6. The number of nitrogens with one attached hydrogen (secondary N) is 2. The Labute approximate surface area is 173 Å². The molecule has 0 bridgehead atoms. The number of halogens is 1. The van der Waals surface area contributed by atoms with E-state index in [1.54, 1.807) is 29.7 Å². The van der Waals surface area contributed by atoms with E-state index in [0.717, 1.165) is 17.8 Å². The third-order valence-corrected chi connectivity index (χ3v) is 5.86. The highest BCUT2D eigenvalue weighted by atomic mass is 127. The maximum absolute atomic E-state index is 10.4. The molecule has 0 spiro atoms. The fourth-order valence-electron chi connectivity index (χ4n) is 2.44. The van der Waals surface area contributed by atoms with E-state index in [4.69, 9.17) is 0 Å². The van der Waals surface area contributed by atoms with Crippen LogP contribution in [0.15, 0.2) is 52.8 Å². The highest BCUT2D eigenvalue weighted by Crippen LogP contribution is 2.29. The molecule has 0 aliphatic carbocycles. The van der Waals surface area contributed by atoms with Gasteiger partial charge < -0.3 is 15.7 Å². The average molecular weight is 487 g/mol. The molecule has 1 aromatic carbocycles. The molecule has 0 aliphatic heterocycles. The fourth-order valence-corrected chi connectivity index (χ4v) is 4.20. The maximum Gasteiger partial charge on any atom is 0.191 e. The molecule has 7 heteroatoms. The van der Waals surface area contributed by atoms with Crippen LogP contribution in [0.1, 0.15) is 15.9 Å². The molecule has 0 fully saturated rings. The van der Waals surface area contributed by atoms with Gasteiger partial charge in [0.25, 0.3) is 0 Å². The first kappa shape index (κ1) is 20.2. The molecule has 3 aromatic rings. The number of hydrogen-bond donors (Lipinski definition) is 3. The number of guanidine groups is 1. The zero-order valence-electron chi connectivity index (χ0n) is 13.9. The zero-order chi connectivity index (χ0) is 16.8. The summed E-state index contributed by atoms with van der Waals surface area (Å²) in [6, 6.07) is 14.4. The molecule has 0 aliphatic rings. The molecule has 25 heavy (non-hydrogen) atoms. The summed E-state index contributed by atoms with van der Waals surface area (Å²) in [5, 5.41) is 20.1. The summed E-state index contributed by atoms with van der Waals surface area (Å²) in [5.74, 6) is 0.715. The average Bonchev–Trinajstić information content (AvgIpc) is 3.26. The molecule has 0 saturated heterocycles. The van der Waals surface area contributed by atoms with Crippen LogP contribution in [0.5, 0.6) is 0 Å². The molecule has 1 atom stereocenters. The first-order chi connectivity index (χ1) is 11.8. The van der Waals surface area contributed by atoms with Crippen molar-refractivity contribution >= 4 is 62.7 Å². The van der Waals surface area contributed by atoms with Crippen LogP contribution in [0.4, 0.5) is 0 Å². The van der Waals surface area contributed by atoms with Crippen LogP contribution in [-0.4, -0.2) is 31.2 Å². The predicted octanol–water partition coefficient (Wildman–Crippen LogP) is 4.02. The van der Waals surface area contributed by atoms with Gasteiger partial charge >= 0.3 is 0 Å². The lowest BCUT2D eigenvalue weighted by molar-refractivity contribution is 0.184. The minimum Gasteiger partial charge on any atom is -0.386 e. The summed E-state index contributed by atoms with van der Waals surface area (Å²) in [7, 11) is 1.74. The Morgan fingerprint density at radius 3 is 2.76 bits per heavy atom. The van der Waals surface area contributed by atoms with Crippen molar-refractivity contribution < 1.29 is 5.11 Å². The van der Waals surface area contributed by atoms with Crippen LogP contribution >= 0.6 is 46.7 Å². The Morgan fingerprint density at radius 1 is 1.20 bits per heavy atom. The van der Waals surface area contributed by atoms with E-state index in [2.05, 4.69) is 51.3 Å². The minimum atomic E-state index is -0.543. The van der Waals surface area contributed by atoms with Crippen LogP contribution in [0.3, 0.4) is 0 Å². The molecule has 0 radical (unpaired) electrons. The lowest BCUT2D eigenvalue weighted by Crippen LogP contribution is -2.40. The minimum absolute atomic E-state index is 0. The van der Waals surface area contributed by atoms with Crippen molar-refractivity contribution in [1.29, 1.82) is 0 Å². The second kappa shape index (κ2) is 10.1. The number of hydrogen-bond acceptors (Lipinski definition) is 4. The number of benzene rings is 1. The lowest BCUT2D eigenvalue weighted by atomic mass is 10.2. The molecule has 3 N–H and O–H groups in total. The zero-order valence-corrected chi connectivity index (χ0v) is 17.9. The van der Waals surface area contributed by atoms with Gasteiger partial charge in [-0.3, -0.25) is 4.99 Å². The van der Waals surface area contributed by atoms with E-state index in [9.17, 15) is 5.11 Å². The van der Waals surface area contributed by atoms with E-state index >= 15 is 0 Å². The molecule has 2 heterocycles. The van der Waals surface area contributed by atoms with Gasteiger partial charge in [-0.2, -0.15) is 0 Å². The topological polar surface area (TPSA) is 56.7 Å². The maximum atomic E-state index is 10.4. The van der Waals surface area contributed by atoms with Crippen LogP contribution in [0.2, 0.25) is 0 Å². The van der Waals surface area contributed by atoms with Gasteiger partial charge in [-0.1, -0.05) is 24.3 Å². The molecular weight excluding hydrogens is 465 g/mol. The van der Waals surface area contributed by atoms with Crippen LogP contribution in [0.25, 0.3) is 10.1 Å². The van der Waals surface area contributed by atoms with Crippen molar-refractivity contribution in [3.05, 3.63) is 57.6 Å². The first-order valence-corrected chi connectivity index (χ1v) is 9.59. The number of fused-ring (bicyclic) bond motifs is 1. The lowest BCUT2D eigenvalue weighted by Gasteiger charge is -2.14. The van der Waals surface area contributed by atoms with E-state index in [1.807, 2.05) is 12.1 Å². The van der Waals surface area contributed by atoms with Crippen LogP contribution in [-0.2, 0) is 6.42 Å². The van der Waals surface area contributed by atoms with E-state index in [1.165, 1.54) is 15.0 Å². The highest BCUT2D eigenvalue weighted by Gasteiger charge is 2.12. The first-order valence-electron chi connectivity index (χ1n) is 7.89. The third kappa shape index (κ3) is 5.67. The van der Waals surface area contributed by atoms with Crippen molar-refractivity contribution in [3.63, 3.8) is 0 Å². The summed E-state index contributed by atoms with van der Waals surface area (Å²) < 4.78 is 1.20. The van der Waals surface area contributed by atoms with Gasteiger partial charge in [-0.25, -0.2) is 0 Å². The van der Waals surface area contributed by atoms with Crippen molar-refractivity contribution in [2.45, 2.75) is 12.5 Å². The van der Waals surface area contributed by atoms with Crippen LogP contribution < -0.4 is 10.6 Å². The number of aliphatic imine (C=N–C) groups is 1. The van der Waals surface area contributed by atoms with Gasteiger partial charge in [0.1, 0.15) is 6.10 Å². The van der Waals surface area contributed by atoms with E-state index in [-0.39, 0.29) is 24.0 Å². The van der Waals surface area contributed by atoms with Crippen molar-refractivity contribution in [2.75, 3.05) is 20.1 Å². The summed E-state index contributed by atoms with van der Waals surface area (Å²) in [5.41, 5.74) is 0. The van der Waals surface area contributed by atoms with Crippen molar-refractivity contribution in [1.82, 2.24) is 10.6 Å². The van der Waals surface area contributed by atoms with Gasteiger partial charge in [-0.15, -0.1) is 46.7 Å². The second-order valence-corrected chi connectivity index (χ2v) is 7.56. The van der Waals surface area contributed by atoms with Crippen LogP contribution in [0, 0.1) is 0 Å². The third-order valence-electron chi connectivity index (χ3n) is 3.70. The molecular formula is C18H22IN3OS2. The normalized spacial score (nSPS) is 12.6. The van der Waals surface area contributed by atoms with Crippen molar-refractivity contribution in [2.24, 2.45) is 4.99 Å².